The molecule has 0 radical (unpaired) electrons. The van der Waals surface area contributed by atoms with Crippen LogP contribution < -0.4 is 27.0 Å². The molecule has 1 fully saturated rings. The second-order valence-corrected chi connectivity index (χ2v) is 29.6. The number of rotatable bonds is 24. The number of unbranched alkanes of at least 4 members (excludes halogenated alkanes) is 4. The van der Waals surface area contributed by atoms with E-state index in [2.05, 4.69) is 21.3 Å². The molecule has 24 nitrogen and oxygen atoms in total. The zero-order valence-electron chi connectivity index (χ0n) is 61.8. The maximum atomic E-state index is 15.4. The first-order valence-corrected chi connectivity index (χ1v) is 35.5. The Hall–Kier alpha value is -5.82. The Morgan fingerprint density at radius 3 is 1.44 bits per heavy atom. The van der Waals surface area contributed by atoms with Crippen molar-refractivity contribution in [3.63, 3.8) is 0 Å². The summed E-state index contributed by atoms with van der Waals surface area (Å²) in [6.45, 7) is 29.0. The summed E-state index contributed by atoms with van der Waals surface area (Å²) >= 11 is 1.39. The molecule has 1 aliphatic heterocycles. The summed E-state index contributed by atoms with van der Waals surface area (Å²) in [5, 5.41) is 20.9. The molecule has 1 aliphatic rings. The fraction of sp³-hybridized carbons (Fsp3) is 0.812. The quantitative estimate of drug-likeness (QED) is 0.0546. The maximum Gasteiger partial charge on any atom is 0.249 e. The van der Waals surface area contributed by atoms with Crippen LogP contribution in [0.2, 0.25) is 0 Å². The molecule has 7 N–H and O–H groups in total. The molecule has 0 aromatic heterocycles. The highest BCUT2D eigenvalue weighted by Gasteiger charge is 2.45. The summed E-state index contributed by atoms with van der Waals surface area (Å²) in [4.78, 5) is 173. The van der Waals surface area contributed by atoms with E-state index in [1.54, 1.807) is 54.5 Å². The van der Waals surface area contributed by atoms with Gasteiger partial charge in [0.05, 0.1) is 0 Å². The maximum absolute atomic E-state index is 15.4. The molecule has 0 aromatic rings. The topological polar surface area (TPSA) is 305 Å². The number of carbonyl (C=O) groups excluding carboxylic acids is 11. The van der Waals surface area contributed by atoms with Crippen LogP contribution in [0.5, 0.6) is 0 Å². The van der Waals surface area contributed by atoms with E-state index in [1.807, 2.05) is 48.5 Å². The van der Waals surface area contributed by atoms with Crippen LogP contribution in [-0.2, 0) is 52.7 Å². The van der Waals surface area contributed by atoms with Crippen LogP contribution in [0.25, 0.3) is 0 Å². The van der Waals surface area contributed by atoms with Crippen molar-refractivity contribution in [2.45, 2.75) is 254 Å². The van der Waals surface area contributed by atoms with Crippen molar-refractivity contribution in [3.05, 3.63) is 11.6 Å². The van der Waals surface area contributed by atoms with Gasteiger partial charge in [0.15, 0.2) is 0 Å². The molecular formula is C69H126N12O12S. The summed E-state index contributed by atoms with van der Waals surface area (Å²) in [7, 11) is 10.3. The van der Waals surface area contributed by atoms with E-state index in [0.29, 0.717) is 37.1 Å². The van der Waals surface area contributed by atoms with E-state index in [9.17, 15) is 29.1 Å². The molecule has 1 rings (SSSR count). The molecule has 94 heavy (non-hydrogen) atoms. The van der Waals surface area contributed by atoms with E-state index < -0.39 is 143 Å². The standard InChI is InChI=1S/C69H126N12O12S/c1-24-50-64(88)80(22)56(40-94-34-30-29-33-82)67(91)75(17)52(36-42(4)5)62(86)74-57(45(10)11)68(92)76(18)51(35-41(2)3)60(84)71-48(15)59(83)72-49(16)63(87)78(20)54(37-43(6)7)65(89)79(21)55(38-44(8)9)66(90)81(23)58(46(12)13)69(93)77(19)53(61(85)73-50)39-47(14)31-27-25-26-28-32-70/h37,41-42,44-58,82H,24-36,38-40,70H2,1-23H3,(H,71,84)(H,72,83)(H,73,85)(H,74,86)/t47-,48-,49+,50+,51-,52+,53+,54+,55+,56-,57-,58+/m1/s1. The Labute approximate surface area is 568 Å². The van der Waals surface area contributed by atoms with Gasteiger partial charge in [-0.05, 0) is 127 Å². The highest BCUT2D eigenvalue weighted by Crippen LogP contribution is 2.26. The van der Waals surface area contributed by atoms with Gasteiger partial charge >= 0.3 is 0 Å². The minimum absolute atomic E-state index is 0.0347. The normalized spacial score (nSPS) is 25.7. The lowest BCUT2D eigenvalue weighted by atomic mass is 9.92. The van der Waals surface area contributed by atoms with Gasteiger partial charge in [0.2, 0.25) is 65.0 Å². The first-order chi connectivity index (χ1) is 43.7. The number of nitrogens with one attached hydrogen (secondary N) is 4. The Morgan fingerprint density at radius 1 is 0.479 bits per heavy atom. The molecule has 540 valence electrons. The number of aliphatic hydroxyl groups excluding tert-OH is 1. The van der Waals surface area contributed by atoms with E-state index in [4.69, 9.17) is 5.73 Å². The largest absolute Gasteiger partial charge is 0.396 e. The number of carbonyl (C=O) groups is 11. The van der Waals surface area contributed by atoms with Gasteiger partial charge in [-0.3, -0.25) is 52.7 Å². The van der Waals surface area contributed by atoms with Crippen LogP contribution in [0.15, 0.2) is 11.6 Å². The molecule has 0 saturated carbocycles. The number of aliphatic hydroxyl groups is 1. The molecule has 0 aliphatic carbocycles. The van der Waals surface area contributed by atoms with Crippen LogP contribution in [0, 0.1) is 35.5 Å². The summed E-state index contributed by atoms with van der Waals surface area (Å²) in [5.74, 6) is -7.95. The van der Waals surface area contributed by atoms with Gasteiger partial charge in [0.25, 0.3) is 0 Å². The van der Waals surface area contributed by atoms with Gasteiger partial charge in [0.1, 0.15) is 66.5 Å². The van der Waals surface area contributed by atoms with Crippen molar-refractivity contribution in [3.8, 4) is 0 Å². The van der Waals surface area contributed by atoms with Gasteiger partial charge in [0, 0.05) is 61.7 Å². The average molecular weight is 1350 g/mol. The first kappa shape index (κ1) is 86.2. The molecule has 1 saturated heterocycles. The molecule has 0 spiro atoms. The lowest BCUT2D eigenvalue weighted by Crippen LogP contribution is -2.62. The van der Waals surface area contributed by atoms with Crippen molar-refractivity contribution in [1.82, 2.24) is 55.6 Å². The van der Waals surface area contributed by atoms with Crippen molar-refractivity contribution in [2.75, 3.05) is 74.0 Å². The fourth-order valence-electron chi connectivity index (χ4n) is 11.8. The molecule has 1 heterocycles. The summed E-state index contributed by atoms with van der Waals surface area (Å²) in [6.07, 6.45) is 7.69. The van der Waals surface area contributed by atoms with E-state index in [0.717, 1.165) is 25.7 Å². The number of nitrogens with two attached hydrogens (primary N) is 1. The highest BCUT2D eigenvalue weighted by molar-refractivity contribution is 7.99. The van der Waals surface area contributed by atoms with Crippen LogP contribution >= 0.6 is 11.8 Å². The molecule has 0 bridgehead atoms. The Balaban J connectivity index is 4.50. The number of allylic oxidation sites excluding steroid dienone is 1. The average Bonchev–Trinajstić information content (AvgIpc) is 0.816. The Kier molecular flexibility index (Phi) is 38.5. The number of hydrogen-bond acceptors (Lipinski definition) is 14. The van der Waals surface area contributed by atoms with Gasteiger partial charge in [-0.15, -0.1) is 0 Å². The van der Waals surface area contributed by atoms with E-state index in [-0.39, 0.29) is 68.1 Å². The van der Waals surface area contributed by atoms with Crippen LogP contribution in [-0.4, -0.2) is 245 Å². The van der Waals surface area contributed by atoms with Crippen molar-refractivity contribution < 1.29 is 57.8 Å². The number of hydrogen-bond donors (Lipinski definition) is 6. The predicted molar refractivity (Wildman–Crippen MR) is 372 cm³/mol. The Bertz CT molecular complexity index is 2510. The molecule has 0 unspecified atom stereocenters. The van der Waals surface area contributed by atoms with Crippen LogP contribution in [0.3, 0.4) is 0 Å². The summed E-state index contributed by atoms with van der Waals surface area (Å²) in [6, 6.07) is -13.2. The lowest BCUT2D eigenvalue weighted by molar-refractivity contribution is -0.155. The van der Waals surface area contributed by atoms with Gasteiger partial charge in [-0.2, -0.15) is 11.8 Å². The summed E-state index contributed by atoms with van der Waals surface area (Å²) in [5.41, 5.74) is 6.46. The fourth-order valence-corrected chi connectivity index (χ4v) is 13.0. The van der Waals surface area contributed by atoms with Crippen molar-refractivity contribution in [1.29, 1.82) is 0 Å². The number of thioether (sulfide) groups is 1. The number of nitrogens with zero attached hydrogens (tertiary/aromatic N) is 7. The van der Waals surface area contributed by atoms with Crippen molar-refractivity contribution >= 4 is 76.7 Å². The second kappa shape index (κ2) is 42.0. The Morgan fingerprint density at radius 2 is 0.936 bits per heavy atom. The third-order valence-corrected chi connectivity index (χ3v) is 18.9. The highest BCUT2D eigenvalue weighted by atomic mass is 32.2. The van der Waals surface area contributed by atoms with Crippen molar-refractivity contribution in [2.24, 2.45) is 41.2 Å². The second-order valence-electron chi connectivity index (χ2n) is 28.5. The molecule has 12 atom stereocenters. The predicted octanol–water partition coefficient (Wildman–Crippen LogP) is 5.04. The van der Waals surface area contributed by atoms with E-state index in [1.165, 1.54) is 109 Å². The zero-order valence-corrected chi connectivity index (χ0v) is 62.6. The SMILES string of the molecule is CC[C@@H]1NC(=O)[C@H](C[C@H](C)CCCCCCN)N(C)C(=O)[C@H](C(C)C)N(C)C(=O)[C@H](CC(C)C)N(C)C(=O)[C@H](C=C(C)C)N(C)C(=O)[C@H](C)NC(=O)[C@@H](C)NC(=O)[C@@H](CC(C)C)N(C)C(=O)[C@@H](C(C)C)NC(=O)[C@H](CC(C)C)N(C)C(=O)[C@@H](CSCCCCO)N(C)C1=O. The van der Waals surface area contributed by atoms with Crippen LogP contribution in [0.1, 0.15) is 188 Å². The number of amides is 11. The molecule has 25 heteroatoms. The van der Waals surface area contributed by atoms with Crippen LogP contribution in [0.4, 0.5) is 0 Å². The smallest absolute Gasteiger partial charge is 0.249 e. The monoisotopic (exact) mass is 1350 g/mol. The minimum atomic E-state index is -1.28. The molecule has 0 aromatic carbocycles. The van der Waals surface area contributed by atoms with Gasteiger partial charge < -0.3 is 66.4 Å². The first-order valence-electron chi connectivity index (χ1n) is 34.4. The third-order valence-electron chi connectivity index (χ3n) is 17.8. The van der Waals surface area contributed by atoms with E-state index >= 15 is 28.8 Å². The van der Waals surface area contributed by atoms with Gasteiger partial charge in [-0.25, -0.2) is 0 Å². The van der Waals surface area contributed by atoms with Gasteiger partial charge in [-0.1, -0.05) is 120 Å². The molecule has 11 amide bonds. The summed E-state index contributed by atoms with van der Waals surface area (Å²) < 4.78 is 0. The number of likely N-dealkylation sites (N-methyl/N-ethyl adjacent to an activating group) is 7. The zero-order chi connectivity index (χ0) is 72.3. The third kappa shape index (κ3) is 26.3. The lowest BCUT2D eigenvalue weighted by Gasteiger charge is -2.40. The molecular weight excluding hydrogens is 1220 g/mol. The minimum Gasteiger partial charge on any atom is -0.396 e.